The predicted octanol–water partition coefficient (Wildman–Crippen LogP) is 0.670. The molecular weight excluding hydrogens is 382 g/mol. The molecule has 1 aromatic carbocycles. The molecule has 0 amide bonds. The van der Waals surface area contributed by atoms with Crippen LogP contribution in [0.15, 0.2) is 23.2 Å². The lowest BCUT2D eigenvalue weighted by molar-refractivity contribution is -0.210. The second-order valence-corrected chi connectivity index (χ2v) is 6.86. The van der Waals surface area contributed by atoms with Crippen LogP contribution in [0.5, 0.6) is 5.75 Å². The topological polar surface area (TPSA) is 89.5 Å². The van der Waals surface area contributed by atoms with E-state index in [0.29, 0.717) is 30.4 Å². The third-order valence-electron chi connectivity index (χ3n) is 4.18. The van der Waals surface area contributed by atoms with Gasteiger partial charge in [-0.1, -0.05) is 6.07 Å². The Kier molecular flexibility index (Phi) is 3.08. The minimum atomic E-state index is -1.84. The van der Waals surface area contributed by atoms with E-state index in [1.165, 1.54) is 0 Å². The first-order valence-electron chi connectivity index (χ1n) is 7.35. The monoisotopic (exact) mass is 395 g/mol. The first-order chi connectivity index (χ1) is 11.4. The smallest absolute Gasteiger partial charge is 0.422 e. The lowest BCUT2D eigenvalue weighted by atomic mass is 10.1. The lowest BCUT2D eigenvalue weighted by Gasteiger charge is -2.49. The van der Waals surface area contributed by atoms with Crippen molar-refractivity contribution in [2.45, 2.75) is 17.3 Å². The molecule has 0 aliphatic carbocycles. The molecule has 1 atom stereocenters. The minimum Gasteiger partial charge on any atom is -0.456 e. The molecule has 24 heavy (non-hydrogen) atoms. The van der Waals surface area contributed by atoms with Gasteiger partial charge in [-0.3, -0.25) is 9.89 Å². The van der Waals surface area contributed by atoms with Crippen LogP contribution in [0.2, 0.25) is 0 Å². The van der Waals surface area contributed by atoms with Crippen molar-refractivity contribution in [3.05, 3.63) is 23.8 Å². The first-order valence-corrected chi connectivity index (χ1v) is 8.14. The van der Waals surface area contributed by atoms with Gasteiger partial charge in [0.05, 0.1) is 12.2 Å². The molecule has 1 aromatic rings. The molecule has 3 aliphatic rings. The van der Waals surface area contributed by atoms with Crippen LogP contribution in [-0.2, 0) is 19.1 Å². The Morgan fingerprint density at radius 3 is 2.58 bits per heavy atom. The van der Waals surface area contributed by atoms with E-state index < -0.39 is 22.4 Å². The number of halogens is 1. The number of nitrogens with one attached hydrogen (secondary N) is 1. The summed E-state index contributed by atoms with van der Waals surface area (Å²) in [6.07, 6.45) is 0. The number of alkyl halides is 1. The molecule has 1 saturated heterocycles. The van der Waals surface area contributed by atoms with Crippen LogP contribution in [0.3, 0.4) is 0 Å². The van der Waals surface area contributed by atoms with Crippen molar-refractivity contribution in [3.8, 4) is 5.75 Å². The highest BCUT2D eigenvalue weighted by molar-refractivity contribution is 9.10. The van der Waals surface area contributed by atoms with E-state index in [-0.39, 0.29) is 0 Å². The standard InChI is InChI=1S/C15H14BrN3O5/c1-8-3-4-10-9(7-8)19(2)15(23-11(20)12(21)24-15)14(16,22-10)13-17-5-6-18-13/h3-4,7H,5-6H2,1-2H3,(H,17,18). The number of hydrogen-bond acceptors (Lipinski definition) is 8. The maximum absolute atomic E-state index is 11.8. The number of amidine groups is 1. The number of fused-ring (bicyclic) bond motifs is 1. The summed E-state index contributed by atoms with van der Waals surface area (Å²) in [5, 5.41) is 3.08. The van der Waals surface area contributed by atoms with Gasteiger partial charge in [0.1, 0.15) is 5.75 Å². The van der Waals surface area contributed by atoms with Crippen molar-refractivity contribution in [1.29, 1.82) is 0 Å². The number of esters is 2. The Hall–Kier alpha value is -2.29. The molecule has 9 heteroatoms. The molecule has 126 valence electrons. The van der Waals surface area contributed by atoms with Crippen LogP contribution in [0, 0.1) is 6.92 Å². The molecular formula is C15H14BrN3O5. The summed E-state index contributed by atoms with van der Waals surface area (Å²) in [6.45, 7) is 3.06. The molecule has 3 aliphatic heterocycles. The fraction of sp³-hybridized carbons (Fsp3) is 0.400. The number of anilines is 1. The molecule has 1 spiro atoms. The van der Waals surface area contributed by atoms with Crippen LogP contribution >= 0.6 is 15.9 Å². The number of carbonyl (C=O) groups is 2. The Balaban J connectivity index is 1.93. The maximum Gasteiger partial charge on any atom is 0.422 e. The van der Waals surface area contributed by atoms with Gasteiger partial charge in [-0.2, -0.15) is 0 Å². The van der Waals surface area contributed by atoms with Crippen LogP contribution in [0.25, 0.3) is 0 Å². The lowest BCUT2D eigenvalue weighted by Crippen LogP contribution is -2.71. The van der Waals surface area contributed by atoms with E-state index in [0.717, 1.165) is 5.56 Å². The number of rotatable bonds is 1. The third-order valence-corrected chi connectivity index (χ3v) is 5.22. The van der Waals surface area contributed by atoms with Crippen molar-refractivity contribution in [3.63, 3.8) is 0 Å². The van der Waals surface area contributed by atoms with E-state index in [2.05, 4.69) is 26.2 Å². The molecule has 0 bridgehead atoms. The minimum absolute atomic E-state index is 0.392. The molecule has 1 unspecified atom stereocenters. The zero-order valence-corrected chi connectivity index (χ0v) is 14.5. The molecule has 0 aromatic heterocycles. The van der Waals surface area contributed by atoms with Crippen molar-refractivity contribution in [2.75, 3.05) is 25.0 Å². The summed E-state index contributed by atoms with van der Waals surface area (Å²) >= 11 is 3.48. The SMILES string of the molecule is Cc1ccc2c(c1)N(C)C1(OC(=O)C(=O)O1)C(Br)(C1=NCCN1)O2. The van der Waals surface area contributed by atoms with Crippen molar-refractivity contribution in [1.82, 2.24) is 5.32 Å². The van der Waals surface area contributed by atoms with Gasteiger partial charge in [0.15, 0.2) is 5.84 Å². The maximum atomic E-state index is 11.8. The number of hydrogen-bond donors (Lipinski definition) is 1. The van der Waals surface area contributed by atoms with E-state index >= 15 is 0 Å². The van der Waals surface area contributed by atoms with Gasteiger partial charge in [0.25, 0.3) is 0 Å². The highest BCUT2D eigenvalue weighted by atomic mass is 79.9. The predicted molar refractivity (Wildman–Crippen MR) is 87.1 cm³/mol. The number of likely N-dealkylation sites (N-methyl/N-ethyl adjacent to an activating group) is 1. The molecule has 1 N–H and O–H groups in total. The highest BCUT2D eigenvalue weighted by Gasteiger charge is 2.72. The second-order valence-electron chi connectivity index (χ2n) is 5.75. The van der Waals surface area contributed by atoms with Crippen molar-refractivity contribution < 1.29 is 23.8 Å². The molecule has 8 nitrogen and oxygen atoms in total. The second kappa shape index (κ2) is 4.85. The number of ether oxygens (including phenoxy) is 3. The van der Waals surface area contributed by atoms with E-state index in [9.17, 15) is 9.59 Å². The zero-order chi connectivity index (χ0) is 17.1. The Morgan fingerprint density at radius 1 is 1.25 bits per heavy atom. The molecule has 3 heterocycles. The first kappa shape index (κ1) is 15.3. The van der Waals surface area contributed by atoms with Gasteiger partial charge in [-0.15, -0.1) is 0 Å². The van der Waals surface area contributed by atoms with Gasteiger partial charge in [0.2, 0.25) is 0 Å². The number of aryl methyl sites for hydroxylation is 1. The van der Waals surface area contributed by atoms with Crippen molar-refractivity contribution in [2.24, 2.45) is 4.99 Å². The molecule has 0 radical (unpaired) electrons. The van der Waals surface area contributed by atoms with Crippen LogP contribution < -0.4 is 15.0 Å². The quantitative estimate of drug-likeness (QED) is 0.424. The fourth-order valence-electron chi connectivity index (χ4n) is 3.00. The fourth-order valence-corrected chi connectivity index (χ4v) is 3.87. The molecule has 4 rings (SSSR count). The van der Waals surface area contributed by atoms with E-state index in [4.69, 9.17) is 14.2 Å². The normalized spacial score (nSPS) is 27.1. The Bertz CT molecular complexity index is 779. The number of aliphatic imine (C=N–C) groups is 1. The van der Waals surface area contributed by atoms with E-state index in [1.54, 1.807) is 18.0 Å². The highest BCUT2D eigenvalue weighted by Crippen LogP contribution is 2.52. The summed E-state index contributed by atoms with van der Waals surface area (Å²) in [5.74, 6) is -3.06. The third kappa shape index (κ3) is 1.81. The Labute approximate surface area is 145 Å². The number of benzene rings is 1. The summed E-state index contributed by atoms with van der Waals surface area (Å²) in [4.78, 5) is 29.5. The summed E-state index contributed by atoms with van der Waals surface area (Å²) in [5.41, 5.74) is 1.61. The van der Waals surface area contributed by atoms with Crippen LogP contribution in [0.4, 0.5) is 5.69 Å². The van der Waals surface area contributed by atoms with Crippen molar-refractivity contribution >= 4 is 39.4 Å². The zero-order valence-electron chi connectivity index (χ0n) is 13.0. The molecule has 1 fully saturated rings. The summed E-state index contributed by atoms with van der Waals surface area (Å²) in [6, 6.07) is 5.56. The van der Waals surface area contributed by atoms with Gasteiger partial charge >= 0.3 is 22.4 Å². The van der Waals surface area contributed by atoms with Gasteiger partial charge in [0, 0.05) is 13.6 Å². The van der Waals surface area contributed by atoms with Gasteiger partial charge in [-0.25, -0.2) is 9.59 Å². The average molecular weight is 396 g/mol. The van der Waals surface area contributed by atoms with Crippen LogP contribution in [-0.4, -0.2) is 48.3 Å². The largest absolute Gasteiger partial charge is 0.456 e. The van der Waals surface area contributed by atoms with Crippen LogP contribution in [0.1, 0.15) is 5.56 Å². The van der Waals surface area contributed by atoms with Gasteiger partial charge in [-0.05, 0) is 40.5 Å². The number of carbonyl (C=O) groups excluding carboxylic acids is 2. The van der Waals surface area contributed by atoms with Gasteiger partial charge < -0.3 is 19.5 Å². The molecule has 0 saturated carbocycles. The summed E-state index contributed by atoms with van der Waals surface area (Å²) < 4.78 is 15.3. The van der Waals surface area contributed by atoms with E-state index in [1.807, 2.05) is 19.1 Å². The number of nitrogens with zero attached hydrogens (tertiary/aromatic N) is 2. The average Bonchev–Trinajstić information content (AvgIpc) is 3.17. The summed E-state index contributed by atoms with van der Waals surface area (Å²) in [7, 11) is 1.66. The Morgan fingerprint density at radius 2 is 1.96 bits per heavy atom.